The number of hydrogen-bond acceptors (Lipinski definition) is 5. The minimum atomic E-state index is 0.0938. The molecule has 1 amide bonds. The molecule has 2 aromatic heterocycles. The molecule has 0 bridgehead atoms. The molecule has 2 saturated heterocycles. The number of benzene rings is 1. The number of aromatic nitrogens is 3. The van der Waals surface area contributed by atoms with E-state index in [1.165, 1.54) is 25.7 Å². The summed E-state index contributed by atoms with van der Waals surface area (Å²) in [6, 6.07) is 9.76. The number of fused-ring (bicyclic) bond motifs is 1. The lowest BCUT2D eigenvalue weighted by Crippen LogP contribution is -2.35. The molecule has 2 fully saturated rings. The maximum Gasteiger partial charge on any atom is 0.253 e. The highest BCUT2D eigenvalue weighted by Gasteiger charge is 2.19. The molecule has 4 heterocycles. The first-order valence-corrected chi connectivity index (χ1v) is 11.1. The lowest BCUT2D eigenvalue weighted by molar-refractivity contribution is 0.0724. The van der Waals surface area contributed by atoms with E-state index in [4.69, 9.17) is 4.98 Å². The second-order valence-corrected chi connectivity index (χ2v) is 8.26. The number of piperidine rings is 2. The van der Waals surface area contributed by atoms with Crippen molar-refractivity contribution in [3.8, 4) is 11.3 Å². The summed E-state index contributed by atoms with van der Waals surface area (Å²) >= 11 is 0. The number of amides is 1. The smallest absolute Gasteiger partial charge is 0.253 e. The van der Waals surface area contributed by atoms with Crippen molar-refractivity contribution in [1.82, 2.24) is 19.9 Å². The summed E-state index contributed by atoms with van der Waals surface area (Å²) in [5.41, 5.74) is 3.96. The molecule has 3 aromatic rings. The predicted octanol–water partition coefficient (Wildman–Crippen LogP) is 4.31. The van der Waals surface area contributed by atoms with Crippen molar-refractivity contribution >= 4 is 22.8 Å². The fraction of sp³-hybridized carbons (Fsp3) is 0.417. The number of carbonyl (C=O) groups is 1. The highest BCUT2D eigenvalue weighted by atomic mass is 16.2. The Morgan fingerprint density at radius 3 is 2.27 bits per heavy atom. The van der Waals surface area contributed by atoms with Crippen molar-refractivity contribution in [2.24, 2.45) is 0 Å². The van der Waals surface area contributed by atoms with Crippen LogP contribution in [0.5, 0.6) is 0 Å². The molecule has 0 unspecified atom stereocenters. The van der Waals surface area contributed by atoms with Gasteiger partial charge in [-0.05, 0) is 68.9 Å². The van der Waals surface area contributed by atoms with Crippen molar-refractivity contribution in [1.29, 1.82) is 0 Å². The van der Waals surface area contributed by atoms with Crippen LogP contribution in [0.15, 0.2) is 42.7 Å². The predicted molar refractivity (Wildman–Crippen MR) is 119 cm³/mol. The Balaban J connectivity index is 1.40. The largest absolute Gasteiger partial charge is 0.357 e. The number of hydrogen-bond donors (Lipinski definition) is 0. The standard InChI is InChI=1S/C24H27N5O/c30-24(29-13-5-2-6-14-29)18-7-9-20-21(15-18)27-22(17-25-20)19-8-10-23(26-16-19)28-11-3-1-4-12-28/h7-10,15-17H,1-6,11-14H2. The maximum atomic E-state index is 12.8. The van der Waals surface area contributed by atoms with Gasteiger partial charge in [-0.2, -0.15) is 0 Å². The molecular weight excluding hydrogens is 374 g/mol. The molecule has 5 rings (SSSR count). The van der Waals surface area contributed by atoms with Crippen LogP contribution in [0.1, 0.15) is 48.9 Å². The average Bonchev–Trinajstić information content (AvgIpc) is 2.84. The number of carbonyl (C=O) groups excluding carboxylic acids is 1. The van der Waals surface area contributed by atoms with Gasteiger partial charge in [-0.1, -0.05) is 0 Å². The van der Waals surface area contributed by atoms with Crippen LogP contribution >= 0.6 is 0 Å². The molecule has 0 N–H and O–H groups in total. The molecule has 154 valence electrons. The van der Waals surface area contributed by atoms with Crippen molar-refractivity contribution in [3.63, 3.8) is 0 Å². The number of nitrogens with zero attached hydrogens (tertiary/aromatic N) is 5. The van der Waals surface area contributed by atoms with E-state index < -0.39 is 0 Å². The summed E-state index contributed by atoms with van der Waals surface area (Å²) in [5, 5.41) is 0. The number of likely N-dealkylation sites (tertiary alicyclic amines) is 1. The molecule has 0 aliphatic carbocycles. The Hall–Kier alpha value is -3.02. The van der Waals surface area contributed by atoms with Crippen LogP contribution in [-0.2, 0) is 0 Å². The molecule has 0 atom stereocenters. The van der Waals surface area contributed by atoms with Gasteiger partial charge in [0.05, 0.1) is 22.9 Å². The fourth-order valence-electron chi connectivity index (χ4n) is 4.41. The molecule has 0 spiro atoms. The van der Waals surface area contributed by atoms with E-state index in [0.717, 1.165) is 67.1 Å². The third-order valence-corrected chi connectivity index (χ3v) is 6.16. The molecule has 2 aliphatic heterocycles. The highest BCUT2D eigenvalue weighted by molar-refractivity contribution is 5.97. The quantitative estimate of drug-likeness (QED) is 0.654. The van der Waals surface area contributed by atoms with Crippen molar-refractivity contribution < 1.29 is 4.79 Å². The number of anilines is 1. The third kappa shape index (κ3) is 3.86. The second kappa shape index (κ2) is 8.38. The van der Waals surface area contributed by atoms with Crippen molar-refractivity contribution in [2.45, 2.75) is 38.5 Å². The van der Waals surface area contributed by atoms with E-state index in [1.54, 1.807) is 6.20 Å². The summed E-state index contributed by atoms with van der Waals surface area (Å²) in [6.45, 7) is 3.85. The first-order valence-electron chi connectivity index (χ1n) is 11.1. The Kier molecular flexibility index (Phi) is 5.30. The lowest BCUT2D eigenvalue weighted by atomic mass is 10.1. The summed E-state index contributed by atoms with van der Waals surface area (Å²) in [5.74, 6) is 1.12. The first-order chi connectivity index (χ1) is 14.8. The zero-order valence-electron chi connectivity index (χ0n) is 17.3. The Labute approximate surface area is 177 Å². The van der Waals surface area contributed by atoms with E-state index >= 15 is 0 Å². The Morgan fingerprint density at radius 2 is 1.53 bits per heavy atom. The van der Waals surface area contributed by atoms with Gasteiger partial charge in [0, 0.05) is 43.5 Å². The van der Waals surface area contributed by atoms with E-state index in [2.05, 4.69) is 27.0 Å². The van der Waals surface area contributed by atoms with Gasteiger partial charge in [0.25, 0.3) is 5.91 Å². The zero-order valence-corrected chi connectivity index (χ0v) is 17.3. The molecule has 6 nitrogen and oxygen atoms in total. The molecule has 1 aromatic carbocycles. The van der Waals surface area contributed by atoms with E-state index in [9.17, 15) is 4.79 Å². The summed E-state index contributed by atoms with van der Waals surface area (Å²) in [7, 11) is 0. The van der Waals surface area contributed by atoms with Crippen LogP contribution < -0.4 is 4.90 Å². The summed E-state index contributed by atoms with van der Waals surface area (Å²) in [4.78, 5) is 31.2. The average molecular weight is 402 g/mol. The van der Waals surface area contributed by atoms with Crippen molar-refractivity contribution in [2.75, 3.05) is 31.1 Å². The van der Waals surface area contributed by atoms with Gasteiger partial charge >= 0.3 is 0 Å². The lowest BCUT2D eigenvalue weighted by Gasteiger charge is -2.27. The maximum absolute atomic E-state index is 12.8. The summed E-state index contributed by atoms with van der Waals surface area (Å²) < 4.78 is 0. The summed E-state index contributed by atoms with van der Waals surface area (Å²) in [6.07, 6.45) is 10.8. The van der Waals surface area contributed by atoms with Crippen LogP contribution in [-0.4, -0.2) is 51.9 Å². The van der Waals surface area contributed by atoms with Crippen LogP contribution in [0, 0.1) is 0 Å². The normalized spacial score (nSPS) is 17.3. The molecular formula is C24H27N5O. The highest BCUT2D eigenvalue weighted by Crippen LogP contribution is 2.23. The third-order valence-electron chi connectivity index (χ3n) is 6.16. The van der Waals surface area contributed by atoms with Crippen molar-refractivity contribution in [3.05, 3.63) is 48.3 Å². The molecule has 0 radical (unpaired) electrons. The van der Waals surface area contributed by atoms with E-state index in [-0.39, 0.29) is 5.91 Å². The zero-order chi connectivity index (χ0) is 20.3. The Morgan fingerprint density at radius 1 is 0.767 bits per heavy atom. The number of pyridine rings is 1. The van der Waals surface area contributed by atoms with Crippen LogP contribution in [0.4, 0.5) is 5.82 Å². The Bertz CT molecular complexity index is 1040. The van der Waals surface area contributed by atoms with Crippen LogP contribution in [0.2, 0.25) is 0 Å². The monoisotopic (exact) mass is 401 g/mol. The van der Waals surface area contributed by atoms with Gasteiger partial charge in [-0.15, -0.1) is 0 Å². The minimum absolute atomic E-state index is 0.0938. The van der Waals surface area contributed by atoms with Gasteiger partial charge < -0.3 is 9.80 Å². The SMILES string of the molecule is O=C(c1ccc2ncc(-c3ccc(N4CCCCC4)nc3)nc2c1)N1CCCCC1. The number of rotatable bonds is 3. The molecule has 0 saturated carbocycles. The van der Waals surface area contributed by atoms with Crippen LogP contribution in [0.25, 0.3) is 22.3 Å². The van der Waals surface area contributed by atoms with Crippen LogP contribution in [0.3, 0.4) is 0 Å². The minimum Gasteiger partial charge on any atom is -0.357 e. The topological polar surface area (TPSA) is 62.2 Å². The van der Waals surface area contributed by atoms with Gasteiger partial charge in [-0.25, -0.2) is 9.97 Å². The van der Waals surface area contributed by atoms with Gasteiger partial charge in [0.1, 0.15) is 5.82 Å². The van der Waals surface area contributed by atoms with E-state index in [1.807, 2.05) is 29.3 Å². The van der Waals surface area contributed by atoms with Gasteiger partial charge in [0.15, 0.2) is 0 Å². The van der Waals surface area contributed by atoms with Gasteiger partial charge in [0.2, 0.25) is 0 Å². The molecule has 30 heavy (non-hydrogen) atoms. The molecule has 2 aliphatic rings. The van der Waals surface area contributed by atoms with Gasteiger partial charge in [-0.3, -0.25) is 9.78 Å². The first kappa shape index (κ1) is 19.0. The fourth-order valence-corrected chi connectivity index (χ4v) is 4.41. The van der Waals surface area contributed by atoms with E-state index in [0.29, 0.717) is 5.56 Å². The molecule has 6 heteroatoms. The second-order valence-electron chi connectivity index (χ2n) is 8.26.